The smallest absolute Gasteiger partial charge is 0.0458 e. The van der Waals surface area contributed by atoms with Gasteiger partial charge in [0.2, 0.25) is 0 Å². The molecule has 0 unspecified atom stereocenters. The molecule has 1 heteroatoms. The van der Waals surface area contributed by atoms with Crippen LogP contribution in [0.1, 0.15) is 59.7 Å². The Kier molecular flexibility index (Phi) is 13.0. The van der Waals surface area contributed by atoms with Gasteiger partial charge in [-0.05, 0) is 25.0 Å². The lowest BCUT2D eigenvalue weighted by molar-refractivity contribution is 1.11. The van der Waals surface area contributed by atoms with Crippen molar-refractivity contribution in [3.8, 4) is 0 Å². The van der Waals surface area contributed by atoms with Crippen LogP contribution in [0.2, 0.25) is 0 Å². The van der Waals surface area contributed by atoms with E-state index in [1.54, 1.807) is 0 Å². The number of nitrogens with one attached hydrogen (secondary N) is 1. The van der Waals surface area contributed by atoms with Crippen molar-refractivity contribution in [1.82, 2.24) is 4.98 Å². The first-order chi connectivity index (χ1) is 8.83. The molecule has 0 radical (unpaired) electrons. The molecule has 2 rings (SSSR count). The van der Waals surface area contributed by atoms with Crippen molar-refractivity contribution in [2.24, 2.45) is 0 Å². The summed E-state index contributed by atoms with van der Waals surface area (Å²) in [5.41, 5.74) is 4.01. The van der Waals surface area contributed by atoms with Crippen LogP contribution < -0.4 is 0 Å². The third kappa shape index (κ3) is 4.95. The molecule has 0 aliphatic rings. The van der Waals surface area contributed by atoms with Crippen molar-refractivity contribution < 1.29 is 0 Å². The fourth-order valence-corrected chi connectivity index (χ4v) is 1.79. The lowest BCUT2D eigenvalue weighted by Crippen LogP contribution is -1.79. The number of rotatable bonds is 1. The summed E-state index contributed by atoms with van der Waals surface area (Å²) in [5, 5.41) is 1.37. The maximum absolute atomic E-state index is 3.38. The molecule has 1 nitrogen and oxygen atoms in total. The fourth-order valence-electron chi connectivity index (χ4n) is 1.79. The number of para-hydroxylation sites is 1. The van der Waals surface area contributed by atoms with Gasteiger partial charge in [0.25, 0.3) is 0 Å². The number of hydrogen-bond acceptors (Lipinski definition) is 0. The van der Waals surface area contributed by atoms with Gasteiger partial charge < -0.3 is 4.98 Å². The van der Waals surface area contributed by atoms with Crippen LogP contribution in [0.15, 0.2) is 24.3 Å². The van der Waals surface area contributed by atoms with Crippen molar-refractivity contribution in [2.45, 2.75) is 61.8 Å². The van der Waals surface area contributed by atoms with Crippen LogP contribution in [0, 0.1) is 6.92 Å². The first kappa shape index (κ1) is 19.1. The van der Waals surface area contributed by atoms with Gasteiger partial charge in [-0.1, -0.05) is 66.7 Å². The molecular formula is C17H31N. The average molecular weight is 249 g/mol. The number of aryl methyl sites for hydroxylation is 2. The van der Waals surface area contributed by atoms with E-state index in [4.69, 9.17) is 0 Å². The highest BCUT2D eigenvalue weighted by atomic mass is 14.7. The third-order valence-electron chi connectivity index (χ3n) is 2.38. The van der Waals surface area contributed by atoms with E-state index in [0.717, 1.165) is 6.42 Å². The highest BCUT2D eigenvalue weighted by Crippen LogP contribution is 2.21. The van der Waals surface area contributed by atoms with Crippen molar-refractivity contribution in [3.05, 3.63) is 35.5 Å². The van der Waals surface area contributed by atoms with Crippen LogP contribution in [-0.4, -0.2) is 4.98 Å². The van der Waals surface area contributed by atoms with Crippen LogP contribution in [0.25, 0.3) is 10.9 Å². The van der Waals surface area contributed by atoms with Crippen LogP contribution in [0.4, 0.5) is 0 Å². The predicted molar refractivity (Wildman–Crippen MR) is 86.5 cm³/mol. The second kappa shape index (κ2) is 12.2. The van der Waals surface area contributed by atoms with Crippen molar-refractivity contribution in [2.75, 3.05) is 0 Å². The molecule has 18 heavy (non-hydrogen) atoms. The normalized spacial score (nSPS) is 8.22. The van der Waals surface area contributed by atoms with E-state index < -0.39 is 0 Å². The molecule has 0 aliphatic heterocycles. The topological polar surface area (TPSA) is 15.8 Å². The van der Waals surface area contributed by atoms with E-state index in [0.29, 0.717) is 0 Å². The van der Waals surface area contributed by atoms with Gasteiger partial charge in [0, 0.05) is 16.6 Å². The number of aromatic nitrogens is 1. The third-order valence-corrected chi connectivity index (χ3v) is 2.38. The van der Waals surface area contributed by atoms with Crippen molar-refractivity contribution in [1.29, 1.82) is 0 Å². The summed E-state index contributed by atoms with van der Waals surface area (Å²) in [7, 11) is 0. The van der Waals surface area contributed by atoms with E-state index in [2.05, 4.69) is 43.1 Å². The molecule has 0 bridgehead atoms. The Balaban J connectivity index is 0. The van der Waals surface area contributed by atoms with E-state index in [-0.39, 0.29) is 0 Å². The molecular weight excluding hydrogens is 218 g/mol. The molecule has 1 aromatic carbocycles. The lowest BCUT2D eigenvalue weighted by Gasteiger charge is -1.93. The van der Waals surface area contributed by atoms with Gasteiger partial charge in [-0.25, -0.2) is 0 Å². The molecule has 0 aliphatic carbocycles. The summed E-state index contributed by atoms with van der Waals surface area (Å²) in [5.74, 6) is 0. The van der Waals surface area contributed by atoms with Gasteiger partial charge >= 0.3 is 0 Å². The molecule has 1 N–H and O–H groups in total. The van der Waals surface area contributed by atoms with Crippen LogP contribution in [0.3, 0.4) is 0 Å². The molecule has 0 atom stereocenters. The Labute approximate surface area is 114 Å². The molecule has 0 saturated carbocycles. The summed E-state index contributed by atoms with van der Waals surface area (Å²) < 4.78 is 0. The van der Waals surface area contributed by atoms with Crippen molar-refractivity contribution >= 4 is 10.9 Å². The van der Waals surface area contributed by atoms with Gasteiger partial charge in [0.05, 0.1) is 0 Å². The summed E-state index contributed by atoms with van der Waals surface area (Å²) in [6, 6.07) is 8.46. The largest absolute Gasteiger partial charge is 0.358 e. The summed E-state index contributed by atoms with van der Waals surface area (Å²) in [4.78, 5) is 3.38. The van der Waals surface area contributed by atoms with Crippen molar-refractivity contribution in [3.63, 3.8) is 0 Å². The standard InChI is InChI=1S/C11H13N.3C2H6/c1-3-9-8(2)12-11-7-5-4-6-10(9)11;3*1-2/h4-7,12H,3H2,1-2H3;3*1-2H3. The van der Waals surface area contributed by atoms with Gasteiger partial charge in [-0.15, -0.1) is 0 Å². The van der Waals surface area contributed by atoms with Gasteiger partial charge in [-0.3, -0.25) is 0 Å². The molecule has 0 spiro atoms. The van der Waals surface area contributed by atoms with Gasteiger partial charge in [-0.2, -0.15) is 0 Å². The van der Waals surface area contributed by atoms with Crippen LogP contribution >= 0.6 is 0 Å². The fraction of sp³-hybridized carbons (Fsp3) is 0.529. The van der Waals surface area contributed by atoms with E-state index in [1.165, 1.54) is 22.2 Å². The van der Waals surface area contributed by atoms with Crippen LogP contribution in [-0.2, 0) is 6.42 Å². The minimum atomic E-state index is 1.11. The first-order valence-corrected chi connectivity index (χ1v) is 7.39. The van der Waals surface area contributed by atoms with E-state index in [9.17, 15) is 0 Å². The number of H-pyrrole nitrogens is 1. The SMILES string of the molecule is CC.CC.CC.CCc1c(C)[nH]c2ccccc12. The second-order valence-corrected chi connectivity index (χ2v) is 3.13. The van der Waals surface area contributed by atoms with Gasteiger partial charge in [0.15, 0.2) is 0 Å². The maximum Gasteiger partial charge on any atom is 0.0458 e. The Hall–Kier alpha value is -1.24. The highest BCUT2D eigenvalue weighted by Gasteiger charge is 2.03. The molecule has 0 fully saturated rings. The summed E-state index contributed by atoms with van der Waals surface area (Å²) in [6.07, 6.45) is 1.11. The molecule has 1 aromatic heterocycles. The minimum Gasteiger partial charge on any atom is -0.358 e. The Morgan fingerprint density at radius 3 is 1.89 bits per heavy atom. The Bertz CT molecular complexity index is 399. The summed E-state index contributed by atoms with van der Waals surface area (Å²) >= 11 is 0. The highest BCUT2D eigenvalue weighted by molar-refractivity contribution is 5.84. The zero-order valence-electron chi connectivity index (χ0n) is 13.5. The molecule has 2 aromatic rings. The minimum absolute atomic E-state index is 1.11. The zero-order chi connectivity index (χ0) is 14.6. The monoisotopic (exact) mass is 249 g/mol. The van der Waals surface area contributed by atoms with Gasteiger partial charge in [0.1, 0.15) is 0 Å². The number of benzene rings is 1. The zero-order valence-corrected chi connectivity index (χ0v) is 13.5. The quantitative estimate of drug-likeness (QED) is 0.627. The molecule has 104 valence electrons. The molecule has 0 amide bonds. The number of fused-ring (bicyclic) bond motifs is 1. The van der Waals surface area contributed by atoms with Crippen LogP contribution in [0.5, 0.6) is 0 Å². The molecule has 1 heterocycles. The summed E-state index contributed by atoms with van der Waals surface area (Å²) in [6.45, 7) is 16.3. The number of aromatic amines is 1. The predicted octanol–water partition coefficient (Wildman–Crippen LogP) is 6.12. The van der Waals surface area contributed by atoms with E-state index in [1.807, 2.05) is 41.5 Å². The number of hydrogen-bond donors (Lipinski definition) is 1. The second-order valence-electron chi connectivity index (χ2n) is 3.13. The Morgan fingerprint density at radius 1 is 0.889 bits per heavy atom. The first-order valence-electron chi connectivity index (χ1n) is 7.39. The maximum atomic E-state index is 3.38. The lowest BCUT2D eigenvalue weighted by atomic mass is 10.1. The average Bonchev–Trinajstić information content (AvgIpc) is 2.80. The molecule has 0 saturated heterocycles. The Morgan fingerprint density at radius 2 is 1.39 bits per heavy atom. The van der Waals surface area contributed by atoms with E-state index >= 15 is 0 Å².